The number of carbonyl (C=O) groups excluding carboxylic acids is 1. The Labute approximate surface area is 128 Å². The molecule has 5 heteroatoms. The maximum absolute atomic E-state index is 12.5. The van der Waals surface area contributed by atoms with Crippen molar-refractivity contribution >= 4 is 29.1 Å². The van der Waals surface area contributed by atoms with E-state index in [1.54, 1.807) is 6.07 Å². The number of amides is 1. The van der Waals surface area contributed by atoms with Crippen LogP contribution in [0.15, 0.2) is 18.2 Å². The highest BCUT2D eigenvalue weighted by molar-refractivity contribution is 6.42. The topological polar surface area (TPSA) is 40.5 Å². The minimum Gasteiger partial charge on any atom is -0.395 e. The average Bonchev–Trinajstić information content (AvgIpc) is 3.30. The number of hydrogen-bond donors (Lipinski definition) is 1. The van der Waals surface area contributed by atoms with Gasteiger partial charge < -0.3 is 10.0 Å². The second-order valence-electron chi connectivity index (χ2n) is 5.61. The molecule has 20 heavy (non-hydrogen) atoms. The third kappa shape index (κ3) is 2.80. The van der Waals surface area contributed by atoms with E-state index in [4.69, 9.17) is 28.3 Å². The molecule has 1 amide bonds. The Bertz CT molecular complexity index is 531. The second-order valence-corrected chi connectivity index (χ2v) is 6.42. The van der Waals surface area contributed by atoms with Gasteiger partial charge in [-0.2, -0.15) is 0 Å². The summed E-state index contributed by atoms with van der Waals surface area (Å²) in [4.78, 5) is 14.3. The number of benzene rings is 1. The molecule has 2 aliphatic carbocycles. The second kappa shape index (κ2) is 5.55. The summed E-state index contributed by atoms with van der Waals surface area (Å²) in [7, 11) is 0. The summed E-state index contributed by atoms with van der Waals surface area (Å²) in [5.41, 5.74) is 1.08. The first-order valence-electron chi connectivity index (χ1n) is 6.98. The van der Waals surface area contributed by atoms with Gasteiger partial charge in [0.2, 0.25) is 5.91 Å². The normalized spacial score (nSPS) is 24.6. The first-order chi connectivity index (χ1) is 9.61. The summed E-state index contributed by atoms with van der Waals surface area (Å²) in [5.74, 6) is 0.467. The highest BCUT2D eigenvalue weighted by Crippen LogP contribution is 2.50. The molecular formula is C15H17Cl2NO2. The van der Waals surface area contributed by atoms with Crippen molar-refractivity contribution in [3.63, 3.8) is 0 Å². The van der Waals surface area contributed by atoms with E-state index in [2.05, 4.69) is 0 Å². The van der Waals surface area contributed by atoms with Crippen LogP contribution in [0.1, 0.15) is 30.7 Å². The van der Waals surface area contributed by atoms with Gasteiger partial charge in [0.25, 0.3) is 0 Å². The lowest BCUT2D eigenvalue weighted by molar-refractivity contribution is -0.133. The molecule has 2 unspecified atom stereocenters. The van der Waals surface area contributed by atoms with Crippen LogP contribution in [0.3, 0.4) is 0 Å². The molecule has 0 heterocycles. The zero-order chi connectivity index (χ0) is 14.3. The number of nitrogens with zero attached hydrogens (tertiary/aromatic N) is 1. The van der Waals surface area contributed by atoms with Crippen molar-refractivity contribution in [3.05, 3.63) is 33.8 Å². The van der Waals surface area contributed by atoms with Crippen molar-refractivity contribution in [2.45, 2.75) is 31.2 Å². The van der Waals surface area contributed by atoms with Crippen LogP contribution in [-0.4, -0.2) is 35.1 Å². The van der Waals surface area contributed by atoms with Gasteiger partial charge in [-0.15, -0.1) is 0 Å². The van der Waals surface area contributed by atoms with Crippen LogP contribution in [0.5, 0.6) is 0 Å². The lowest BCUT2D eigenvalue weighted by atomic mass is 10.1. The lowest BCUT2D eigenvalue weighted by Crippen LogP contribution is -2.36. The molecule has 3 rings (SSSR count). The van der Waals surface area contributed by atoms with Gasteiger partial charge in [0.1, 0.15) is 0 Å². The van der Waals surface area contributed by atoms with Crippen molar-refractivity contribution in [1.82, 2.24) is 4.90 Å². The van der Waals surface area contributed by atoms with E-state index in [0.717, 1.165) is 24.8 Å². The molecule has 0 radical (unpaired) electrons. The van der Waals surface area contributed by atoms with Crippen LogP contribution in [0.25, 0.3) is 0 Å². The van der Waals surface area contributed by atoms with E-state index in [9.17, 15) is 4.79 Å². The molecule has 108 valence electrons. The number of hydrogen-bond acceptors (Lipinski definition) is 2. The Balaban J connectivity index is 1.68. The fraction of sp³-hybridized carbons (Fsp3) is 0.533. The summed E-state index contributed by atoms with van der Waals surface area (Å²) in [5, 5.41) is 10.2. The first-order valence-corrected chi connectivity index (χ1v) is 7.73. The predicted octanol–water partition coefficient (Wildman–Crippen LogP) is 3.08. The van der Waals surface area contributed by atoms with Gasteiger partial charge in [-0.25, -0.2) is 0 Å². The van der Waals surface area contributed by atoms with E-state index < -0.39 is 0 Å². The zero-order valence-electron chi connectivity index (χ0n) is 11.1. The molecule has 1 aromatic rings. The molecule has 1 N–H and O–H groups in total. The van der Waals surface area contributed by atoms with Gasteiger partial charge in [0, 0.05) is 18.5 Å². The summed E-state index contributed by atoms with van der Waals surface area (Å²) < 4.78 is 0. The van der Waals surface area contributed by atoms with Crippen LogP contribution >= 0.6 is 23.2 Å². The molecule has 0 saturated heterocycles. The van der Waals surface area contributed by atoms with Crippen LogP contribution in [-0.2, 0) is 4.79 Å². The van der Waals surface area contributed by atoms with Crippen molar-refractivity contribution in [3.8, 4) is 0 Å². The van der Waals surface area contributed by atoms with Gasteiger partial charge in [-0.3, -0.25) is 4.79 Å². The number of aliphatic hydroxyl groups is 1. The molecule has 2 aliphatic rings. The van der Waals surface area contributed by atoms with Crippen molar-refractivity contribution in [2.75, 3.05) is 13.2 Å². The average molecular weight is 314 g/mol. The summed E-state index contributed by atoms with van der Waals surface area (Å²) in [6.45, 7) is 0.487. The zero-order valence-corrected chi connectivity index (χ0v) is 12.6. The molecule has 0 aliphatic heterocycles. The highest BCUT2D eigenvalue weighted by atomic mass is 35.5. The molecule has 2 fully saturated rings. The maximum Gasteiger partial charge on any atom is 0.226 e. The van der Waals surface area contributed by atoms with E-state index in [1.165, 1.54) is 0 Å². The third-order valence-corrected chi connectivity index (χ3v) is 4.83. The summed E-state index contributed by atoms with van der Waals surface area (Å²) in [6, 6.07) is 5.94. The number of aliphatic hydroxyl groups excluding tert-OH is 1. The molecule has 3 nitrogen and oxygen atoms in total. The van der Waals surface area contributed by atoms with E-state index in [1.807, 2.05) is 17.0 Å². The Kier molecular flexibility index (Phi) is 3.93. The fourth-order valence-electron chi connectivity index (χ4n) is 2.76. The molecule has 0 bridgehead atoms. The molecule has 2 saturated carbocycles. The van der Waals surface area contributed by atoms with E-state index in [-0.39, 0.29) is 24.3 Å². The Hall–Kier alpha value is -0.770. The third-order valence-electron chi connectivity index (χ3n) is 4.09. The number of rotatable bonds is 5. The quantitative estimate of drug-likeness (QED) is 0.907. The molecule has 2 atom stereocenters. The monoisotopic (exact) mass is 313 g/mol. The minimum absolute atomic E-state index is 0.0341. The smallest absolute Gasteiger partial charge is 0.226 e. The minimum atomic E-state index is 0.0341. The summed E-state index contributed by atoms with van der Waals surface area (Å²) >= 11 is 11.9. The summed E-state index contributed by atoms with van der Waals surface area (Å²) in [6.07, 6.45) is 3.00. The molecule has 0 aromatic heterocycles. The highest BCUT2D eigenvalue weighted by Gasteiger charge is 2.48. The van der Waals surface area contributed by atoms with Crippen LogP contribution in [0.2, 0.25) is 10.0 Å². The van der Waals surface area contributed by atoms with Gasteiger partial charge >= 0.3 is 0 Å². The largest absolute Gasteiger partial charge is 0.395 e. The van der Waals surface area contributed by atoms with Crippen molar-refractivity contribution in [1.29, 1.82) is 0 Å². The Morgan fingerprint density at radius 2 is 2.05 bits per heavy atom. The fourth-order valence-corrected chi connectivity index (χ4v) is 3.07. The first kappa shape index (κ1) is 14.2. The Morgan fingerprint density at radius 1 is 1.30 bits per heavy atom. The van der Waals surface area contributed by atoms with Gasteiger partial charge in [0.15, 0.2) is 0 Å². The van der Waals surface area contributed by atoms with Crippen molar-refractivity contribution < 1.29 is 9.90 Å². The van der Waals surface area contributed by atoms with Crippen molar-refractivity contribution in [2.24, 2.45) is 5.92 Å². The van der Waals surface area contributed by atoms with Gasteiger partial charge in [-0.1, -0.05) is 29.3 Å². The lowest BCUT2D eigenvalue weighted by Gasteiger charge is -2.21. The predicted molar refractivity (Wildman–Crippen MR) is 79.1 cm³/mol. The standard InChI is InChI=1S/C15H17Cl2NO2/c16-13-4-1-9(7-14(13)17)11-8-12(11)15(20)18(5-6-19)10-2-3-10/h1,4,7,10-12,19H,2-3,5-6,8H2. The van der Waals surface area contributed by atoms with E-state index >= 15 is 0 Å². The molecule has 0 spiro atoms. The molecule has 1 aromatic carbocycles. The number of halogens is 2. The van der Waals surface area contributed by atoms with Crippen LogP contribution in [0, 0.1) is 5.92 Å². The van der Waals surface area contributed by atoms with Crippen LogP contribution < -0.4 is 0 Å². The SMILES string of the molecule is O=C(C1CC1c1ccc(Cl)c(Cl)c1)N(CCO)C1CC1. The molecular weight excluding hydrogens is 297 g/mol. The van der Waals surface area contributed by atoms with E-state index in [0.29, 0.717) is 22.6 Å². The van der Waals surface area contributed by atoms with Crippen LogP contribution in [0.4, 0.5) is 0 Å². The number of carbonyl (C=O) groups is 1. The Morgan fingerprint density at radius 3 is 2.65 bits per heavy atom. The van der Waals surface area contributed by atoms with Gasteiger partial charge in [0.05, 0.1) is 16.7 Å². The van der Waals surface area contributed by atoms with Gasteiger partial charge in [-0.05, 0) is 42.9 Å². The maximum atomic E-state index is 12.5.